The van der Waals surface area contributed by atoms with Crippen molar-refractivity contribution in [2.45, 2.75) is 31.1 Å². The topological polar surface area (TPSA) is 112 Å². The van der Waals surface area contributed by atoms with Crippen molar-refractivity contribution >= 4 is 52.4 Å². The number of aromatic hydroxyl groups is 1. The van der Waals surface area contributed by atoms with Crippen LogP contribution in [0.25, 0.3) is 0 Å². The number of Topliss-reactive ketones (excluding diaryl/α,β-unsaturated/α-hetero) is 1. The van der Waals surface area contributed by atoms with Crippen LogP contribution in [0.4, 0.5) is 11.4 Å². The number of imide groups is 2. The highest BCUT2D eigenvalue weighted by Crippen LogP contribution is 2.65. The van der Waals surface area contributed by atoms with Crippen molar-refractivity contribution in [3.63, 3.8) is 0 Å². The summed E-state index contributed by atoms with van der Waals surface area (Å²) in [5.74, 6) is -5.53. The summed E-state index contributed by atoms with van der Waals surface area (Å²) in [5.41, 5.74) is 1.56. The fourth-order valence-corrected chi connectivity index (χ4v) is 9.10. The maximum atomic E-state index is 15.2. The second-order valence-corrected chi connectivity index (χ2v) is 13.7. The summed E-state index contributed by atoms with van der Waals surface area (Å²) < 4.78 is 0. The molecular formula is C40H31ClN2O6. The summed E-state index contributed by atoms with van der Waals surface area (Å²) in [4.78, 5) is 72.7. The number of rotatable bonds is 5. The second kappa shape index (κ2) is 11.4. The lowest BCUT2D eigenvalue weighted by Crippen LogP contribution is -2.53. The Kier molecular flexibility index (Phi) is 7.19. The number of benzene rings is 4. The monoisotopic (exact) mass is 670 g/mol. The van der Waals surface area contributed by atoms with Crippen LogP contribution < -0.4 is 9.80 Å². The molecule has 8 rings (SSSR count). The average Bonchev–Trinajstić information content (AvgIpc) is 3.49. The maximum Gasteiger partial charge on any atom is 0.246 e. The number of carbonyl (C=O) groups excluding carboxylic acids is 5. The molecule has 2 saturated heterocycles. The van der Waals surface area contributed by atoms with Gasteiger partial charge in [0.1, 0.15) is 5.75 Å². The van der Waals surface area contributed by atoms with E-state index in [1.165, 1.54) is 16.7 Å². The van der Waals surface area contributed by atoms with Crippen molar-refractivity contribution in [3.05, 3.63) is 136 Å². The van der Waals surface area contributed by atoms with E-state index in [9.17, 15) is 24.3 Å². The lowest BCUT2D eigenvalue weighted by atomic mass is 9.49. The molecule has 3 fully saturated rings. The number of phenols is 1. The number of fused-ring (bicyclic) bond motifs is 4. The minimum absolute atomic E-state index is 0.0345. The fraction of sp³-hybridized carbons (Fsp3) is 0.225. The average molecular weight is 671 g/mol. The van der Waals surface area contributed by atoms with Gasteiger partial charge >= 0.3 is 0 Å². The Morgan fingerprint density at radius 3 is 2.18 bits per heavy atom. The Morgan fingerprint density at radius 1 is 0.776 bits per heavy atom. The van der Waals surface area contributed by atoms with E-state index in [-0.39, 0.29) is 36.2 Å². The van der Waals surface area contributed by atoms with Crippen LogP contribution in [0.1, 0.15) is 47.2 Å². The van der Waals surface area contributed by atoms with Gasteiger partial charge in [-0.1, -0.05) is 77.8 Å². The number of amides is 4. The van der Waals surface area contributed by atoms with Crippen LogP contribution >= 0.6 is 11.6 Å². The Hall–Kier alpha value is -5.34. The standard InChI is InChI=1S/C40H31ClN2O6/c1-22(44)23-14-16-26(17-15-23)42-36(46)30-19-18-28-31(34(30)38(42)48)21-32-37(47)43(27-11-7-10-25(41)20-27)39(49)40(32,24-8-3-2-4-9-24)35(28)29-12-5-6-13-33(29)45/h2-18,20,30-32,34-35,45H,19,21H2,1H3/t30-,31+,32-,34-,35+,40+/m0/s1. The zero-order chi connectivity index (χ0) is 34.2. The number of halogens is 1. The predicted molar refractivity (Wildman–Crippen MR) is 183 cm³/mol. The SMILES string of the molecule is CC(=O)c1ccc(N2C(=O)[C@H]3[C@H](CC=C4[C@H]3C[C@H]3C(=O)N(c5cccc(Cl)c5)C(=O)[C@@]3(c3ccccc3)[C@H]4c3ccccc3O)C2=O)cc1. The lowest BCUT2D eigenvalue weighted by Gasteiger charge is -2.50. The highest BCUT2D eigenvalue weighted by atomic mass is 35.5. The van der Waals surface area contributed by atoms with E-state index in [4.69, 9.17) is 11.6 Å². The minimum atomic E-state index is -1.47. The smallest absolute Gasteiger partial charge is 0.246 e. The third kappa shape index (κ3) is 4.40. The first kappa shape index (κ1) is 31.0. The highest BCUT2D eigenvalue weighted by Gasteiger charge is 2.70. The molecule has 4 aromatic carbocycles. The number of carbonyl (C=O) groups is 5. The fourth-order valence-electron chi connectivity index (χ4n) is 8.92. The molecule has 6 atom stereocenters. The van der Waals surface area contributed by atoms with Crippen molar-refractivity contribution in [1.82, 2.24) is 0 Å². The van der Waals surface area contributed by atoms with Crippen LogP contribution in [0.3, 0.4) is 0 Å². The van der Waals surface area contributed by atoms with E-state index < -0.39 is 46.8 Å². The van der Waals surface area contributed by atoms with Gasteiger partial charge < -0.3 is 5.11 Å². The van der Waals surface area contributed by atoms with Gasteiger partial charge in [-0.25, -0.2) is 4.90 Å². The van der Waals surface area contributed by atoms with Gasteiger partial charge in [0.15, 0.2) is 5.78 Å². The number of para-hydroxylation sites is 1. The van der Waals surface area contributed by atoms with E-state index in [0.29, 0.717) is 33.1 Å². The van der Waals surface area contributed by atoms with Crippen LogP contribution in [0, 0.1) is 23.7 Å². The largest absolute Gasteiger partial charge is 0.508 e. The van der Waals surface area contributed by atoms with E-state index in [0.717, 1.165) is 5.57 Å². The van der Waals surface area contributed by atoms with Crippen molar-refractivity contribution in [2.75, 3.05) is 9.80 Å². The number of hydrogen-bond acceptors (Lipinski definition) is 6. The molecule has 0 unspecified atom stereocenters. The Morgan fingerprint density at radius 2 is 1.49 bits per heavy atom. The molecule has 49 heavy (non-hydrogen) atoms. The molecule has 8 nitrogen and oxygen atoms in total. The van der Waals surface area contributed by atoms with Gasteiger partial charge in [-0.3, -0.25) is 28.9 Å². The first-order chi connectivity index (χ1) is 23.6. The molecule has 244 valence electrons. The minimum Gasteiger partial charge on any atom is -0.508 e. The number of phenolic OH excluding ortho intramolecular Hbond substituents is 1. The van der Waals surface area contributed by atoms with Gasteiger partial charge in [0.25, 0.3) is 0 Å². The van der Waals surface area contributed by atoms with E-state index in [2.05, 4.69) is 0 Å². The van der Waals surface area contributed by atoms with Gasteiger partial charge in [0.2, 0.25) is 23.6 Å². The van der Waals surface area contributed by atoms with Gasteiger partial charge in [0, 0.05) is 22.1 Å². The lowest BCUT2D eigenvalue weighted by molar-refractivity contribution is -0.127. The van der Waals surface area contributed by atoms with Crippen LogP contribution in [0.2, 0.25) is 5.02 Å². The molecule has 2 aliphatic carbocycles. The van der Waals surface area contributed by atoms with Gasteiger partial charge in [-0.15, -0.1) is 0 Å². The van der Waals surface area contributed by atoms with E-state index in [1.54, 1.807) is 72.8 Å². The Balaban J connectivity index is 1.32. The summed E-state index contributed by atoms with van der Waals surface area (Å²) >= 11 is 6.36. The van der Waals surface area contributed by atoms with Gasteiger partial charge in [-0.05, 0) is 79.8 Å². The van der Waals surface area contributed by atoms with Crippen molar-refractivity contribution in [1.29, 1.82) is 0 Å². The van der Waals surface area contributed by atoms with Crippen molar-refractivity contribution in [2.24, 2.45) is 23.7 Å². The van der Waals surface area contributed by atoms with Crippen molar-refractivity contribution < 1.29 is 29.1 Å². The molecule has 2 aliphatic heterocycles. The van der Waals surface area contributed by atoms with Gasteiger partial charge in [0.05, 0.1) is 34.5 Å². The number of hydrogen-bond donors (Lipinski definition) is 1. The van der Waals surface area contributed by atoms with Gasteiger partial charge in [-0.2, -0.15) is 0 Å². The van der Waals surface area contributed by atoms with Crippen LogP contribution in [-0.2, 0) is 24.6 Å². The predicted octanol–water partition coefficient (Wildman–Crippen LogP) is 6.62. The number of allylic oxidation sites excluding steroid dienone is 2. The molecule has 2 heterocycles. The van der Waals surface area contributed by atoms with Crippen LogP contribution in [-0.4, -0.2) is 34.5 Å². The zero-order valence-electron chi connectivity index (χ0n) is 26.5. The molecule has 9 heteroatoms. The quantitative estimate of drug-likeness (QED) is 0.145. The molecule has 0 spiro atoms. The maximum absolute atomic E-state index is 15.2. The summed E-state index contributed by atoms with van der Waals surface area (Å²) in [5, 5.41) is 11.8. The Labute approximate surface area is 287 Å². The molecule has 0 aromatic heterocycles. The summed E-state index contributed by atoms with van der Waals surface area (Å²) in [6, 6.07) is 29.0. The van der Waals surface area contributed by atoms with Crippen LogP contribution in [0.5, 0.6) is 5.75 Å². The molecule has 4 amide bonds. The first-order valence-electron chi connectivity index (χ1n) is 16.3. The molecule has 1 saturated carbocycles. The molecule has 4 aromatic rings. The van der Waals surface area contributed by atoms with Crippen molar-refractivity contribution in [3.8, 4) is 5.75 Å². The third-order valence-corrected chi connectivity index (χ3v) is 11.2. The zero-order valence-corrected chi connectivity index (χ0v) is 27.2. The molecular weight excluding hydrogens is 640 g/mol. The normalized spacial score (nSPS) is 27.5. The number of anilines is 2. The molecule has 0 bridgehead atoms. The number of ketones is 1. The Bertz CT molecular complexity index is 2110. The second-order valence-electron chi connectivity index (χ2n) is 13.3. The summed E-state index contributed by atoms with van der Waals surface area (Å²) in [6.45, 7) is 1.45. The van der Waals surface area contributed by atoms with E-state index in [1.807, 2.05) is 36.4 Å². The summed E-state index contributed by atoms with van der Waals surface area (Å²) in [6.07, 6.45) is 2.35. The molecule has 1 N–H and O–H groups in total. The summed E-state index contributed by atoms with van der Waals surface area (Å²) in [7, 11) is 0. The number of nitrogens with zero attached hydrogens (tertiary/aromatic N) is 2. The van der Waals surface area contributed by atoms with Crippen LogP contribution in [0.15, 0.2) is 115 Å². The highest BCUT2D eigenvalue weighted by molar-refractivity contribution is 6.32. The first-order valence-corrected chi connectivity index (χ1v) is 16.7. The van der Waals surface area contributed by atoms with E-state index >= 15 is 4.79 Å². The molecule has 0 radical (unpaired) electrons. The third-order valence-electron chi connectivity index (χ3n) is 10.9. The molecule has 4 aliphatic rings.